The average molecular weight is 278 g/mol. The highest BCUT2D eigenvalue weighted by Crippen LogP contribution is 2.17. The Bertz CT molecular complexity index is 391. The van der Waals surface area contributed by atoms with Crippen LogP contribution in [0.5, 0.6) is 5.88 Å². The van der Waals surface area contributed by atoms with Crippen molar-refractivity contribution in [1.29, 1.82) is 0 Å². The molecule has 0 saturated carbocycles. The Morgan fingerprint density at radius 3 is 2.50 bits per heavy atom. The van der Waals surface area contributed by atoms with Crippen LogP contribution in [0.3, 0.4) is 0 Å². The zero-order valence-electron chi connectivity index (χ0n) is 13.7. The van der Waals surface area contributed by atoms with Crippen LogP contribution in [0.2, 0.25) is 0 Å². The van der Waals surface area contributed by atoms with Gasteiger partial charge in [-0.2, -0.15) is 0 Å². The summed E-state index contributed by atoms with van der Waals surface area (Å²) in [7, 11) is 0. The third-order valence-electron chi connectivity index (χ3n) is 3.42. The summed E-state index contributed by atoms with van der Waals surface area (Å²) < 4.78 is 5.97. The molecule has 3 heteroatoms. The molecule has 0 aliphatic carbocycles. The van der Waals surface area contributed by atoms with Gasteiger partial charge in [-0.05, 0) is 43.9 Å². The van der Waals surface area contributed by atoms with E-state index in [4.69, 9.17) is 4.74 Å². The van der Waals surface area contributed by atoms with Crippen LogP contribution in [0.4, 0.5) is 0 Å². The highest BCUT2D eigenvalue weighted by Gasteiger charge is 2.11. The minimum Gasteiger partial charge on any atom is -0.474 e. The van der Waals surface area contributed by atoms with Crippen LogP contribution in [-0.4, -0.2) is 17.6 Å². The zero-order valence-corrected chi connectivity index (χ0v) is 13.7. The number of rotatable bonds is 9. The first-order valence-electron chi connectivity index (χ1n) is 7.94. The predicted molar refractivity (Wildman–Crippen MR) is 85.2 cm³/mol. The van der Waals surface area contributed by atoms with Crippen LogP contribution in [-0.2, 0) is 13.0 Å². The Morgan fingerprint density at radius 2 is 1.90 bits per heavy atom. The summed E-state index contributed by atoms with van der Waals surface area (Å²) in [5.74, 6) is 1.26. The molecule has 3 nitrogen and oxygen atoms in total. The number of hydrogen-bond acceptors (Lipinski definition) is 3. The van der Waals surface area contributed by atoms with E-state index in [1.165, 1.54) is 5.56 Å². The number of hydrogen-bond donors (Lipinski definition) is 1. The van der Waals surface area contributed by atoms with Gasteiger partial charge in [0.2, 0.25) is 5.88 Å². The van der Waals surface area contributed by atoms with Gasteiger partial charge in [0.15, 0.2) is 0 Å². The molecule has 0 fully saturated rings. The molecule has 0 saturated heterocycles. The lowest BCUT2D eigenvalue weighted by Gasteiger charge is -2.18. The Hall–Kier alpha value is -1.09. The first-order valence-corrected chi connectivity index (χ1v) is 7.94. The van der Waals surface area contributed by atoms with Crippen molar-refractivity contribution in [3.8, 4) is 5.88 Å². The summed E-state index contributed by atoms with van der Waals surface area (Å²) >= 11 is 0. The topological polar surface area (TPSA) is 34.2 Å². The van der Waals surface area contributed by atoms with Crippen molar-refractivity contribution < 1.29 is 4.74 Å². The van der Waals surface area contributed by atoms with E-state index in [2.05, 4.69) is 57.1 Å². The van der Waals surface area contributed by atoms with E-state index in [0.29, 0.717) is 5.92 Å². The number of ether oxygens (including phenoxy) is 1. The van der Waals surface area contributed by atoms with Gasteiger partial charge in [0.25, 0.3) is 0 Å². The first-order chi connectivity index (χ1) is 9.56. The molecule has 1 heterocycles. The van der Waals surface area contributed by atoms with Crippen LogP contribution >= 0.6 is 0 Å². The van der Waals surface area contributed by atoms with Gasteiger partial charge in [-0.25, -0.2) is 4.98 Å². The van der Waals surface area contributed by atoms with Crippen molar-refractivity contribution in [2.24, 2.45) is 5.92 Å². The van der Waals surface area contributed by atoms with Crippen LogP contribution in [0.25, 0.3) is 0 Å². The second-order valence-electron chi connectivity index (χ2n) is 5.80. The van der Waals surface area contributed by atoms with Crippen LogP contribution < -0.4 is 10.1 Å². The third kappa shape index (κ3) is 5.91. The summed E-state index contributed by atoms with van der Waals surface area (Å²) in [5, 5.41) is 3.44. The van der Waals surface area contributed by atoms with Crippen molar-refractivity contribution in [2.75, 3.05) is 6.54 Å². The molecule has 1 atom stereocenters. The SMILES string of the molecule is CCCNCc1cc(CCC)nc(OC(C)C(C)C)c1. The van der Waals surface area contributed by atoms with E-state index < -0.39 is 0 Å². The number of aromatic nitrogens is 1. The van der Waals surface area contributed by atoms with Crippen LogP contribution in [0.15, 0.2) is 12.1 Å². The van der Waals surface area contributed by atoms with Crippen LogP contribution in [0, 0.1) is 5.92 Å². The molecule has 0 aromatic carbocycles. The molecular formula is C17H30N2O. The molecule has 0 spiro atoms. The van der Waals surface area contributed by atoms with E-state index in [-0.39, 0.29) is 6.10 Å². The van der Waals surface area contributed by atoms with Gasteiger partial charge in [0, 0.05) is 18.3 Å². The van der Waals surface area contributed by atoms with Gasteiger partial charge in [-0.15, -0.1) is 0 Å². The van der Waals surface area contributed by atoms with E-state index in [1.807, 2.05) is 0 Å². The molecule has 1 rings (SSSR count). The lowest BCUT2D eigenvalue weighted by Crippen LogP contribution is -2.20. The lowest BCUT2D eigenvalue weighted by molar-refractivity contribution is 0.163. The second kappa shape index (κ2) is 8.96. The molecule has 20 heavy (non-hydrogen) atoms. The van der Waals surface area contributed by atoms with Crippen molar-refractivity contribution in [3.63, 3.8) is 0 Å². The number of nitrogens with one attached hydrogen (secondary N) is 1. The molecule has 0 amide bonds. The van der Waals surface area contributed by atoms with E-state index in [0.717, 1.165) is 43.9 Å². The number of nitrogens with zero attached hydrogens (tertiary/aromatic N) is 1. The molecule has 1 unspecified atom stereocenters. The largest absolute Gasteiger partial charge is 0.474 e. The molecule has 0 aliphatic rings. The van der Waals surface area contributed by atoms with Crippen molar-refractivity contribution in [3.05, 3.63) is 23.4 Å². The minimum absolute atomic E-state index is 0.191. The summed E-state index contributed by atoms with van der Waals surface area (Å²) in [5.41, 5.74) is 2.40. The third-order valence-corrected chi connectivity index (χ3v) is 3.42. The summed E-state index contributed by atoms with van der Waals surface area (Å²) in [6.45, 7) is 12.7. The van der Waals surface area contributed by atoms with Gasteiger partial charge in [-0.3, -0.25) is 0 Å². The lowest BCUT2D eigenvalue weighted by atomic mass is 10.1. The maximum atomic E-state index is 5.97. The minimum atomic E-state index is 0.191. The fourth-order valence-corrected chi connectivity index (χ4v) is 1.90. The van der Waals surface area contributed by atoms with Gasteiger partial charge in [0.05, 0.1) is 6.10 Å². The van der Waals surface area contributed by atoms with Crippen molar-refractivity contribution in [2.45, 2.75) is 66.5 Å². The average Bonchev–Trinajstić information content (AvgIpc) is 2.39. The summed E-state index contributed by atoms with van der Waals surface area (Å²) in [6, 6.07) is 4.26. The Labute approximate surface area is 124 Å². The first kappa shape index (κ1) is 17.0. The van der Waals surface area contributed by atoms with Crippen molar-refractivity contribution >= 4 is 0 Å². The van der Waals surface area contributed by atoms with E-state index in [1.54, 1.807) is 0 Å². The number of aryl methyl sites for hydroxylation is 1. The van der Waals surface area contributed by atoms with Gasteiger partial charge in [-0.1, -0.05) is 34.1 Å². The zero-order chi connectivity index (χ0) is 15.0. The van der Waals surface area contributed by atoms with E-state index >= 15 is 0 Å². The van der Waals surface area contributed by atoms with Crippen molar-refractivity contribution in [1.82, 2.24) is 10.3 Å². The number of pyridine rings is 1. The fourth-order valence-electron chi connectivity index (χ4n) is 1.90. The molecule has 114 valence electrons. The Balaban J connectivity index is 2.80. The van der Waals surface area contributed by atoms with Gasteiger partial charge >= 0.3 is 0 Å². The van der Waals surface area contributed by atoms with E-state index in [9.17, 15) is 0 Å². The highest BCUT2D eigenvalue weighted by molar-refractivity contribution is 5.25. The van der Waals surface area contributed by atoms with Gasteiger partial charge < -0.3 is 10.1 Å². The quantitative estimate of drug-likeness (QED) is 0.694. The maximum Gasteiger partial charge on any atom is 0.214 e. The maximum absolute atomic E-state index is 5.97. The molecule has 0 bridgehead atoms. The highest BCUT2D eigenvalue weighted by atomic mass is 16.5. The second-order valence-corrected chi connectivity index (χ2v) is 5.80. The summed E-state index contributed by atoms with van der Waals surface area (Å²) in [4.78, 5) is 4.62. The van der Waals surface area contributed by atoms with Gasteiger partial charge in [0.1, 0.15) is 0 Å². The monoisotopic (exact) mass is 278 g/mol. The molecule has 1 aromatic heterocycles. The molecule has 1 N–H and O–H groups in total. The Kier molecular flexibility index (Phi) is 7.60. The normalized spacial score (nSPS) is 12.7. The van der Waals surface area contributed by atoms with Crippen LogP contribution in [0.1, 0.15) is 58.7 Å². The predicted octanol–water partition coefficient (Wildman–Crippen LogP) is 3.96. The Morgan fingerprint density at radius 1 is 1.15 bits per heavy atom. The molecular weight excluding hydrogens is 248 g/mol. The molecule has 0 aliphatic heterocycles. The smallest absolute Gasteiger partial charge is 0.214 e. The summed E-state index contributed by atoms with van der Waals surface area (Å²) in [6.07, 6.45) is 3.46. The fraction of sp³-hybridized carbons (Fsp3) is 0.706. The molecule has 1 aromatic rings. The molecule has 0 radical (unpaired) electrons. The standard InChI is InChI=1S/C17H30N2O/c1-6-8-16-10-15(12-18-9-7-2)11-17(19-16)20-14(5)13(3)4/h10-11,13-14,18H,6-9,12H2,1-5H3.